The number of aromatic nitrogens is 3. The van der Waals surface area contributed by atoms with Gasteiger partial charge in [-0.05, 0) is 18.6 Å². The molecule has 2 aromatic rings. The van der Waals surface area contributed by atoms with Gasteiger partial charge in [-0.3, -0.25) is 4.79 Å². The van der Waals surface area contributed by atoms with Crippen molar-refractivity contribution in [1.82, 2.24) is 15.2 Å². The highest BCUT2D eigenvalue weighted by atomic mass is 35.5. The number of nitrogens with one attached hydrogen (secondary N) is 1. The number of rotatable bonds is 4. The van der Waals surface area contributed by atoms with Crippen LogP contribution in [0.4, 0.5) is 10.8 Å². The van der Waals surface area contributed by atoms with Gasteiger partial charge in [0.25, 0.3) is 0 Å². The molecule has 0 unspecified atom stereocenters. The van der Waals surface area contributed by atoms with E-state index < -0.39 is 0 Å². The first kappa shape index (κ1) is 14.0. The molecule has 19 heavy (non-hydrogen) atoms. The Morgan fingerprint density at radius 2 is 2.37 bits per heavy atom. The SMILES string of the molecule is Cc1ccnc(Cl)c1NC(=O)CSc1nnc(N)s1. The number of thioether (sulfide) groups is 1. The molecule has 2 aromatic heterocycles. The average Bonchev–Trinajstić information content (AvgIpc) is 2.77. The molecular weight excluding hydrogens is 306 g/mol. The third kappa shape index (κ3) is 3.79. The van der Waals surface area contributed by atoms with Crippen LogP contribution >= 0.6 is 34.7 Å². The number of pyridine rings is 1. The van der Waals surface area contributed by atoms with Gasteiger partial charge in [-0.1, -0.05) is 34.7 Å². The van der Waals surface area contributed by atoms with Gasteiger partial charge >= 0.3 is 0 Å². The number of carbonyl (C=O) groups is 1. The van der Waals surface area contributed by atoms with Gasteiger partial charge < -0.3 is 11.1 Å². The first-order chi connectivity index (χ1) is 9.06. The normalized spacial score (nSPS) is 10.4. The summed E-state index contributed by atoms with van der Waals surface area (Å²) in [5, 5.41) is 10.9. The minimum atomic E-state index is -0.184. The minimum absolute atomic E-state index is 0.184. The van der Waals surface area contributed by atoms with E-state index in [4.69, 9.17) is 17.3 Å². The highest BCUT2D eigenvalue weighted by molar-refractivity contribution is 8.01. The van der Waals surface area contributed by atoms with Crippen LogP contribution in [0.5, 0.6) is 0 Å². The number of nitrogens with zero attached hydrogens (tertiary/aromatic N) is 3. The maximum Gasteiger partial charge on any atom is 0.234 e. The number of nitrogens with two attached hydrogens (primary N) is 1. The average molecular weight is 316 g/mol. The summed E-state index contributed by atoms with van der Waals surface area (Å²) in [7, 11) is 0. The largest absolute Gasteiger partial charge is 0.374 e. The predicted octanol–water partition coefficient (Wildman–Crippen LogP) is 2.21. The van der Waals surface area contributed by atoms with E-state index in [1.165, 1.54) is 23.1 Å². The van der Waals surface area contributed by atoms with Crippen LogP contribution in [0.3, 0.4) is 0 Å². The second kappa shape index (κ2) is 6.18. The van der Waals surface area contributed by atoms with E-state index in [2.05, 4.69) is 20.5 Å². The van der Waals surface area contributed by atoms with E-state index >= 15 is 0 Å². The Labute approximate surface area is 122 Å². The molecule has 0 aliphatic rings. The van der Waals surface area contributed by atoms with Gasteiger partial charge in [0.05, 0.1) is 11.4 Å². The summed E-state index contributed by atoms with van der Waals surface area (Å²) in [6.45, 7) is 1.85. The summed E-state index contributed by atoms with van der Waals surface area (Å²) in [6, 6.07) is 1.78. The lowest BCUT2D eigenvalue weighted by atomic mass is 10.2. The quantitative estimate of drug-likeness (QED) is 0.663. The molecule has 3 N–H and O–H groups in total. The van der Waals surface area contributed by atoms with Crippen molar-refractivity contribution in [2.24, 2.45) is 0 Å². The summed E-state index contributed by atoms with van der Waals surface area (Å²) < 4.78 is 0.654. The topological polar surface area (TPSA) is 93.8 Å². The Morgan fingerprint density at radius 3 is 3.00 bits per heavy atom. The summed E-state index contributed by atoms with van der Waals surface area (Å²) in [4.78, 5) is 15.7. The molecule has 0 radical (unpaired) electrons. The van der Waals surface area contributed by atoms with Crippen molar-refractivity contribution in [3.8, 4) is 0 Å². The van der Waals surface area contributed by atoms with Crippen molar-refractivity contribution in [3.63, 3.8) is 0 Å². The van der Waals surface area contributed by atoms with Gasteiger partial charge in [0.1, 0.15) is 0 Å². The molecule has 0 aliphatic carbocycles. The molecule has 2 heterocycles. The highest BCUT2D eigenvalue weighted by Crippen LogP contribution is 2.25. The van der Waals surface area contributed by atoms with Gasteiger partial charge in [0, 0.05) is 6.20 Å². The molecule has 0 spiro atoms. The molecule has 6 nitrogen and oxygen atoms in total. The van der Waals surface area contributed by atoms with Crippen LogP contribution in [0.1, 0.15) is 5.56 Å². The Morgan fingerprint density at radius 1 is 1.58 bits per heavy atom. The first-order valence-electron chi connectivity index (χ1n) is 5.19. The number of halogens is 1. The van der Waals surface area contributed by atoms with Crippen molar-refractivity contribution in [2.45, 2.75) is 11.3 Å². The number of amides is 1. The minimum Gasteiger partial charge on any atom is -0.374 e. The summed E-state index contributed by atoms with van der Waals surface area (Å²) >= 11 is 8.44. The number of hydrogen-bond donors (Lipinski definition) is 2. The van der Waals surface area contributed by atoms with Gasteiger partial charge in [-0.2, -0.15) is 0 Å². The zero-order valence-electron chi connectivity index (χ0n) is 9.88. The number of hydrogen-bond acceptors (Lipinski definition) is 7. The molecule has 0 saturated heterocycles. The third-order valence-corrected chi connectivity index (χ3v) is 4.30. The van der Waals surface area contributed by atoms with Crippen LogP contribution < -0.4 is 11.1 Å². The maximum atomic E-state index is 11.8. The van der Waals surface area contributed by atoms with Crippen LogP contribution in [0, 0.1) is 6.92 Å². The Bertz CT molecular complexity index is 583. The van der Waals surface area contributed by atoms with Gasteiger partial charge in [-0.15, -0.1) is 10.2 Å². The molecule has 9 heteroatoms. The van der Waals surface area contributed by atoms with Gasteiger partial charge in [0.15, 0.2) is 9.49 Å². The smallest absolute Gasteiger partial charge is 0.234 e. The van der Waals surface area contributed by atoms with E-state index in [1.807, 2.05) is 6.92 Å². The highest BCUT2D eigenvalue weighted by Gasteiger charge is 2.11. The molecule has 1 amide bonds. The Kier molecular flexibility index (Phi) is 4.56. The fraction of sp³-hybridized carbons (Fsp3) is 0.200. The first-order valence-corrected chi connectivity index (χ1v) is 7.37. The number of carbonyl (C=O) groups excluding carboxylic acids is 1. The van der Waals surface area contributed by atoms with Crippen LogP contribution in [0.15, 0.2) is 16.6 Å². The van der Waals surface area contributed by atoms with Crippen molar-refractivity contribution < 1.29 is 4.79 Å². The lowest BCUT2D eigenvalue weighted by molar-refractivity contribution is -0.113. The number of aryl methyl sites for hydroxylation is 1. The van der Waals surface area contributed by atoms with E-state index in [1.54, 1.807) is 12.3 Å². The summed E-state index contributed by atoms with van der Waals surface area (Å²) in [5.74, 6) is 0.0241. The second-order valence-electron chi connectivity index (χ2n) is 3.54. The van der Waals surface area contributed by atoms with Crippen molar-refractivity contribution in [1.29, 1.82) is 0 Å². The fourth-order valence-electron chi connectivity index (χ4n) is 1.26. The van der Waals surface area contributed by atoms with E-state index in [0.29, 0.717) is 15.2 Å². The Hall–Kier alpha value is -1.38. The molecule has 0 aliphatic heterocycles. The van der Waals surface area contributed by atoms with Gasteiger partial charge in [0.2, 0.25) is 11.0 Å². The zero-order chi connectivity index (χ0) is 13.8. The third-order valence-electron chi connectivity index (χ3n) is 2.13. The molecule has 2 rings (SSSR count). The molecular formula is C10H10ClN5OS2. The molecule has 0 bridgehead atoms. The zero-order valence-corrected chi connectivity index (χ0v) is 12.3. The molecule has 0 fully saturated rings. The van der Waals surface area contributed by atoms with E-state index in [9.17, 15) is 4.79 Å². The fourth-order valence-corrected chi connectivity index (χ4v) is 2.95. The van der Waals surface area contributed by atoms with Crippen LogP contribution in [-0.4, -0.2) is 26.8 Å². The predicted molar refractivity (Wildman–Crippen MR) is 77.7 cm³/mol. The van der Waals surface area contributed by atoms with E-state index in [0.717, 1.165) is 5.56 Å². The lowest BCUT2D eigenvalue weighted by Crippen LogP contribution is -2.15. The lowest BCUT2D eigenvalue weighted by Gasteiger charge is -2.08. The Balaban J connectivity index is 1.94. The van der Waals surface area contributed by atoms with Gasteiger partial charge in [-0.25, -0.2) is 4.98 Å². The maximum absolute atomic E-state index is 11.8. The molecule has 0 saturated carbocycles. The summed E-state index contributed by atoms with van der Waals surface area (Å²) in [6.07, 6.45) is 1.59. The molecule has 100 valence electrons. The molecule has 0 atom stereocenters. The standard InChI is InChI=1S/C10H10ClN5OS2/c1-5-2-3-13-8(11)7(5)14-6(17)4-18-10-16-15-9(12)19-10/h2-3H,4H2,1H3,(H2,12,15)(H,14,17). The van der Waals surface area contributed by atoms with Crippen molar-refractivity contribution in [3.05, 3.63) is 23.0 Å². The number of anilines is 2. The van der Waals surface area contributed by atoms with E-state index in [-0.39, 0.29) is 16.8 Å². The summed E-state index contributed by atoms with van der Waals surface area (Å²) in [5.41, 5.74) is 6.85. The van der Waals surface area contributed by atoms with Crippen molar-refractivity contribution in [2.75, 3.05) is 16.8 Å². The number of nitrogen functional groups attached to an aromatic ring is 1. The second-order valence-corrected chi connectivity index (χ2v) is 6.13. The monoisotopic (exact) mass is 315 g/mol. The van der Waals surface area contributed by atoms with Crippen LogP contribution in [-0.2, 0) is 4.79 Å². The molecule has 0 aromatic carbocycles. The van der Waals surface area contributed by atoms with Crippen molar-refractivity contribution >= 4 is 51.4 Å². The van der Waals surface area contributed by atoms with Crippen LogP contribution in [0.2, 0.25) is 5.15 Å². The van der Waals surface area contributed by atoms with Crippen LogP contribution in [0.25, 0.3) is 0 Å².